The third kappa shape index (κ3) is 5.94. The molecule has 0 spiro atoms. The number of sulfonamides is 1. The van der Waals surface area contributed by atoms with Crippen LogP contribution in [0.25, 0.3) is 0 Å². The highest BCUT2D eigenvalue weighted by atomic mass is 32.2. The molecule has 1 heterocycles. The van der Waals surface area contributed by atoms with Gasteiger partial charge in [0.2, 0.25) is 10.0 Å². The Bertz CT molecular complexity index is 671. The summed E-state index contributed by atoms with van der Waals surface area (Å²) in [6, 6.07) is 6.30. The molecule has 146 valence electrons. The van der Waals surface area contributed by atoms with E-state index in [1.807, 2.05) is 6.92 Å². The van der Waals surface area contributed by atoms with Gasteiger partial charge in [-0.25, -0.2) is 8.42 Å². The molecule has 0 bridgehead atoms. The van der Waals surface area contributed by atoms with Gasteiger partial charge in [0.1, 0.15) is 12.4 Å². The van der Waals surface area contributed by atoms with Gasteiger partial charge in [0.25, 0.3) is 0 Å². The molecule has 1 aromatic carbocycles. The number of aliphatic carboxylic acids is 1. The summed E-state index contributed by atoms with van der Waals surface area (Å²) in [7, 11) is -3.51. The van der Waals surface area contributed by atoms with Gasteiger partial charge in [-0.1, -0.05) is 6.92 Å². The summed E-state index contributed by atoms with van der Waals surface area (Å²) in [6.45, 7) is 5.02. The van der Waals surface area contributed by atoms with Gasteiger partial charge < -0.3 is 14.6 Å². The van der Waals surface area contributed by atoms with Crippen molar-refractivity contribution in [3.05, 3.63) is 24.3 Å². The lowest BCUT2D eigenvalue weighted by atomic mass is 10.3. The van der Waals surface area contributed by atoms with Gasteiger partial charge in [0, 0.05) is 19.6 Å². The summed E-state index contributed by atoms with van der Waals surface area (Å²) >= 11 is 0. The lowest BCUT2D eigenvalue weighted by Gasteiger charge is -2.26. The van der Waals surface area contributed by atoms with E-state index in [1.165, 1.54) is 16.4 Å². The Labute approximate surface area is 154 Å². The summed E-state index contributed by atoms with van der Waals surface area (Å²) in [5, 5.41) is 8.89. The topological polar surface area (TPSA) is 96.4 Å². The van der Waals surface area contributed by atoms with Gasteiger partial charge in [0.15, 0.2) is 0 Å². The van der Waals surface area contributed by atoms with Crippen LogP contribution in [0.4, 0.5) is 0 Å². The van der Waals surface area contributed by atoms with E-state index in [1.54, 1.807) is 17.0 Å². The van der Waals surface area contributed by atoms with Crippen LogP contribution >= 0.6 is 0 Å². The van der Waals surface area contributed by atoms with Crippen molar-refractivity contribution in [2.24, 2.45) is 0 Å². The van der Waals surface area contributed by atoms with Gasteiger partial charge in [-0.2, -0.15) is 4.31 Å². The lowest BCUT2D eigenvalue weighted by Crippen LogP contribution is -2.40. The Morgan fingerprint density at radius 3 is 2.46 bits per heavy atom. The molecule has 0 amide bonds. The van der Waals surface area contributed by atoms with Crippen LogP contribution in [0.1, 0.15) is 13.3 Å². The first-order valence-corrected chi connectivity index (χ1v) is 10.1. The standard InChI is InChI=1S/C17H26N2O6S/c1-2-7-18(14-17(20)21)8-13-25-15-3-5-16(6-4-15)26(22,23)19-9-11-24-12-10-19/h3-6H,2,7-14H2,1H3,(H,20,21). The van der Waals surface area contributed by atoms with E-state index in [4.69, 9.17) is 14.6 Å². The molecule has 0 saturated carbocycles. The summed E-state index contributed by atoms with van der Waals surface area (Å²) in [4.78, 5) is 12.9. The Morgan fingerprint density at radius 2 is 1.88 bits per heavy atom. The largest absolute Gasteiger partial charge is 0.492 e. The average Bonchev–Trinajstić information content (AvgIpc) is 2.62. The number of nitrogens with zero attached hydrogens (tertiary/aromatic N) is 2. The van der Waals surface area contributed by atoms with Crippen LogP contribution in [0.15, 0.2) is 29.2 Å². The number of hydrogen-bond acceptors (Lipinski definition) is 6. The van der Waals surface area contributed by atoms with Gasteiger partial charge in [0.05, 0.1) is 24.7 Å². The Kier molecular flexibility index (Phi) is 7.83. The molecular weight excluding hydrogens is 360 g/mol. The fourth-order valence-electron chi connectivity index (χ4n) is 2.71. The SMILES string of the molecule is CCCN(CCOc1ccc(S(=O)(=O)N2CCOCC2)cc1)CC(=O)O. The zero-order valence-electron chi connectivity index (χ0n) is 15.0. The number of carboxylic acid groups (broad SMARTS) is 1. The maximum atomic E-state index is 12.5. The summed E-state index contributed by atoms with van der Waals surface area (Å²) in [5.74, 6) is -0.311. The van der Waals surface area contributed by atoms with Crippen molar-refractivity contribution in [2.75, 3.05) is 52.5 Å². The minimum atomic E-state index is -3.51. The highest BCUT2D eigenvalue weighted by molar-refractivity contribution is 7.89. The van der Waals surface area contributed by atoms with Crippen LogP contribution in [0.5, 0.6) is 5.75 Å². The van der Waals surface area contributed by atoms with E-state index in [0.717, 1.165) is 6.42 Å². The first-order chi connectivity index (χ1) is 12.4. The number of morpholine rings is 1. The van der Waals surface area contributed by atoms with Crippen molar-refractivity contribution >= 4 is 16.0 Å². The van der Waals surface area contributed by atoms with E-state index in [0.29, 0.717) is 51.7 Å². The molecular formula is C17H26N2O6S. The number of ether oxygens (including phenoxy) is 2. The lowest BCUT2D eigenvalue weighted by molar-refractivity contribution is -0.138. The minimum Gasteiger partial charge on any atom is -0.492 e. The summed E-state index contributed by atoms with van der Waals surface area (Å²) < 4.78 is 37.3. The van der Waals surface area contributed by atoms with Crippen molar-refractivity contribution < 1.29 is 27.8 Å². The van der Waals surface area contributed by atoms with Crippen molar-refractivity contribution in [1.29, 1.82) is 0 Å². The van der Waals surface area contributed by atoms with E-state index in [2.05, 4.69) is 0 Å². The smallest absolute Gasteiger partial charge is 0.317 e. The Balaban J connectivity index is 1.89. The van der Waals surface area contributed by atoms with E-state index in [9.17, 15) is 13.2 Å². The maximum Gasteiger partial charge on any atom is 0.317 e. The fourth-order valence-corrected chi connectivity index (χ4v) is 4.12. The molecule has 9 heteroatoms. The molecule has 0 aromatic heterocycles. The van der Waals surface area contributed by atoms with Crippen molar-refractivity contribution in [3.63, 3.8) is 0 Å². The van der Waals surface area contributed by atoms with Crippen LogP contribution in [-0.2, 0) is 19.6 Å². The molecule has 0 unspecified atom stereocenters. The molecule has 1 saturated heterocycles. The van der Waals surface area contributed by atoms with Crippen LogP contribution in [0, 0.1) is 0 Å². The highest BCUT2D eigenvalue weighted by Crippen LogP contribution is 2.20. The Morgan fingerprint density at radius 1 is 1.23 bits per heavy atom. The third-order valence-corrected chi connectivity index (χ3v) is 5.92. The average molecular weight is 386 g/mol. The number of benzene rings is 1. The molecule has 2 rings (SSSR count). The number of rotatable bonds is 10. The van der Waals surface area contributed by atoms with Crippen LogP contribution in [-0.4, -0.2) is 81.2 Å². The molecule has 26 heavy (non-hydrogen) atoms. The molecule has 0 aliphatic carbocycles. The molecule has 1 aromatic rings. The first kappa shape index (κ1) is 20.6. The van der Waals surface area contributed by atoms with Crippen molar-refractivity contribution in [2.45, 2.75) is 18.2 Å². The molecule has 0 atom stereocenters. The second-order valence-corrected chi connectivity index (χ2v) is 7.94. The van der Waals surface area contributed by atoms with Gasteiger partial charge in [-0.05, 0) is 37.2 Å². The normalized spacial score (nSPS) is 15.9. The minimum absolute atomic E-state index is 0.0199. The molecule has 1 aliphatic heterocycles. The van der Waals surface area contributed by atoms with E-state index in [-0.39, 0.29) is 11.4 Å². The third-order valence-electron chi connectivity index (χ3n) is 4.01. The van der Waals surface area contributed by atoms with Crippen LogP contribution in [0.3, 0.4) is 0 Å². The predicted octanol–water partition coefficient (Wildman–Crippen LogP) is 0.883. The fraction of sp³-hybridized carbons (Fsp3) is 0.588. The summed E-state index contributed by atoms with van der Waals surface area (Å²) in [5.41, 5.74) is 0. The van der Waals surface area contributed by atoms with Gasteiger partial charge in [-0.15, -0.1) is 0 Å². The second-order valence-electron chi connectivity index (χ2n) is 6.01. The van der Waals surface area contributed by atoms with E-state index < -0.39 is 16.0 Å². The quantitative estimate of drug-likeness (QED) is 0.638. The second kappa shape index (κ2) is 9.86. The van der Waals surface area contributed by atoms with Crippen LogP contribution in [0.2, 0.25) is 0 Å². The number of carboxylic acids is 1. The first-order valence-electron chi connectivity index (χ1n) is 8.68. The molecule has 1 N–H and O–H groups in total. The Hall–Kier alpha value is -1.68. The molecule has 8 nitrogen and oxygen atoms in total. The number of carbonyl (C=O) groups is 1. The van der Waals surface area contributed by atoms with Gasteiger partial charge in [-0.3, -0.25) is 9.69 Å². The highest BCUT2D eigenvalue weighted by Gasteiger charge is 2.26. The molecule has 1 aliphatic rings. The molecule has 0 radical (unpaired) electrons. The van der Waals surface area contributed by atoms with Crippen molar-refractivity contribution in [3.8, 4) is 5.75 Å². The summed E-state index contributed by atoms with van der Waals surface area (Å²) in [6.07, 6.45) is 0.862. The van der Waals surface area contributed by atoms with Gasteiger partial charge >= 0.3 is 5.97 Å². The monoisotopic (exact) mass is 386 g/mol. The van der Waals surface area contributed by atoms with E-state index >= 15 is 0 Å². The predicted molar refractivity (Wildman–Crippen MR) is 95.9 cm³/mol. The molecule has 1 fully saturated rings. The van der Waals surface area contributed by atoms with Crippen LogP contribution < -0.4 is 4.74 Å². The number of hydrogen-bond donors (Lipinski definition) is 1. The zero-order valence-corrected chi connectivity index (χ0v) is 15.8. The van der Waals surface area contributed by atoms with Crippen molar-refractivity contribution in [1.82, 2.24) is 9.21 Å². The maximum absolute atomic E-state index is 12.5. The zero-order chi connectivity index (χ0) is 19.0.